The van der Waals surface area contributed by atoms with E-state index in [1.54, 1.807) is 6.07 Å². The lowest BCUT2D eigenvalue weighted by molar-refractivity contribution is 0.442. The Labute approximate surface area is 82.7 Å². The molecule has 0 aliphatic carbocycles. The molecular weight excluding hydrogens is 189 g/mol. The topological polar surface area (TPSA) is 26.0 Å². The molecule has 3 heteroatoms. The first kappa shape index (κ1) is 10.5. The van der Waals surface area contributed by atoms with E-state index in [4.69, 9.17) is 17.3 Å². The standard InChI is InChI=1S/C10H13ClFN/c1-7-6-8(2-3-9(7)11)10(13)4-5-12/h2-3,6,10H,4-5,13H2,1H3/t10-/m1/s1. The summed E-state index contributed by atoms with van der Waals surface area (Å²) in [5.41, 5.74) is 7.67. The van der Waals surface area contributed by atoms with Gasteiger partial charge < -0.3 is 5.73 Å². The van der Waals surface area contributed by atoms with E-state index in [9.17, 15) is 4.39 Å². The number of nitrogens with two attached hydrogens (primary N) is 1. The summed E-state index contributed by atoms with van der Waals surface area (Å²) in [6.07, 6.45) is 0.362. The maximum Gasteiger partial charge on any atom is 0.0912 e. The number of halogens is 2. The summed E-state index contributed by atoms with van der Waals surface area (Å²) < 4.78 is 12.0. The second-order valence-corrected chi connectivity index (χ2v) is 3.50. The summed E-state index contributed by atoms with van der Waals surface area (Å²) in [5.74, 6) is 0. The van der Waals surface area contributed by atoms with E-state index in [2.05, 4.69) is 0 Å². The molecule has 1 aromatic carbocycles. The van der Waals surface area contributed by atoms with Crippen molar-refractivity contribution >= 4 is 11.6 Å². The van der Waals surface area contributed by atoms with Crippen molar-refractivity contribution in [2.45, 2.75) is 19.4 Å². The Kier molecular flexibility index (Phi) is 3.70. The van der Waals surface area contributed by atoms with Crippen molar-refractivity contribution < 1.29 is 4.39 Å². The van der Waals surface area contributed by atoms with Gasteiger partial charge in [0.1, 0.15) is 0 Å². The summed E-state index contributed by atoms with van der Waals surface area (Å²) in [5, 5.41) is 0.719. The van der Waals surface area contributed by atoms with Crippen LogP contribution in [0.15, 0.2) is 18.2 Å². The zero-order valence-electron chi connectivity index (χ0n) is 7.56. The summed E-state index contributed by atoms with van der Waals surface area (Å²) in [7, 11) is 0. The normalized spacial score (nSPS) is 12.9. The number of hydrogen-bond acceptors (Lipinski definition) is 1. The molecule has 0 aromatic heterocycles. The Morgan fingerprint density at radius 2 is 2.23 bits per heavy atom. The van der Waals surface area contributed by atoms with Crippen molar-refractivity contribution in [3.05, 3.63) is 34.3 Å². The van der Waals surface area contributed by atoms with Crippen molar-refractivity contribution in [3.8, 4) is 0 Å². The highest BCUT2D eigenvalue weighted by Crippen LogP contribution is 2.21. The van der Waals surface area contributed by atoms with E-state index in [1.807, 2.05) is 19.1 Å². The SMILES string of the molecule is Cc1cc([C@H](N)CCF)ccc1Cl. The second-order valence-electron chi connectivity index (χ2n) is 3.09. The van der Waals surface area contributed by atoms with Crippen molar-refractivity contribution in [1.82, 2.24) is 0 Å². The highest BCUT2D eigenvalue weighted by molar-refractivity contribution is 6.31. The average molecular weight is 202 g/mol. The zero-order chi connectivity index (χ0) is 9.84. The van der Waals surface area contributed by atoms with E-state index < -0.39 is 0 Å². The molecule has 1 rings (SSSR count). The first-order valence-electron chi connectivity index (χ1n) is 4.22. The molecule has 0 heterocycles. The van der Waals surface area contributed by atoms with Crippen molar-refractivity contribution in [3.63, 3.8) is 0 Å². The fourth-order valence-corrected chi connectivity index (χ4v) is 1.30. The van der Waals surface area contributed by atoms with E-state index in [1.165, 1.54) is 0 Å². The fourth-order valence-electron chi connectivity index (χ4n) is 1.18. The second kappa shape index (κ2) is 4.58. The number of hydrogen-bond donors (Lipinski definition) is 1. The third kappa shape index (κ3) is 2.68. The largest absolute Gasteiger partial charge is 0.324 e. The number of benzene rings is 1. The maximum atomic E-state index is 12.0. The van der Waals surface area contributed by atoms with Crippen LogP contribution in [0.25, 0.3) is 0 Å². The van der Waals surface area contributed by atoms with Gasteiger partial charge in [-0.3, -0.25) is 4.39 Å². The van der Waals surface area contributed by atoms with Gasteiger partial charge in [-0.05, 0) is 30.5 Å². The Morgan fingerprint density at radius 1 is 1.54 bits per heavy atom. The molecule has 0 bridgehead atoms. The molecular formula is C10H13ClFN. The molecule has 13 heavy (non-hydrogen) atoms. The molecule has 0 aliphatic heterocycles. The van der Waals surface area contributed by atoms with Crippen LogP contribution in [-0.2, 0) is 0 Å². The van der Waals surface area contributed by atoms with Gasteiger partial charge in [-0.2, -0.15) is 0 Å². The first-order chi connectivity index (χ1) is 6.15. The van der Waals surface area contributed by atoms with Crippen LogP contribution in [0.1, 0.15) is 23.6 Å². The predicted octanol–water partition coefficient (Wildman–Crippen LogP) is 3.01. The predicted molar refractivity (Wildman–Crippen MR) is 53.7 cm³/mol. The van der Waals surface area contributed by atoms with Gasteiger partial charge >= 0.3 is 0 Å². The van der Waals surface area contributed by atoms with E-state index in [-0.39, 0.29) is 12.7 Å². The molecule has 0 saturated heterocycles. The Bertz CT molecular complexity index is 288. The fraction of sp³-hybridized carbons (Fsp3) is 0.400. The Balaban J connectivity index is 2.84. The summed E-state index contributed by atoms with van der Waals surface area (Å²) in [6, 6.07) is 5.32. The number of rotatable bonds is 3. The summed E-state index contributed by atoms with van der Waals surface area (Å²) in [6.45, 7) is 1.52. The molecule has 0 spiro atoms. The van der Waals surface area contributed by atoms with Crippen LogP contribution >= 0.6 is 11.6 Å². The smallest absolute Gasteiger partial charge is 0.0912 e. The highest BCUT2D eigenvalue weighted by Gasteiger charge is 2.06. The van der Waals surface area contributed by atoms with Crippen molar-refractivity contribution in [2.75, 3.05) is 6.67 Å². The zero-order valence-corrected chi connectivity index (χ0v) is 8.31. The molecule has 0 unspecified atom stereocenters. The minimum Gasteiger partial charge on any atom is -0.324 e. The van der Waals surface area contributed by atoms with Gasteiger partial charge in [0.05, 0.1) is 6.67 Å². The molecule has 1 nitrogen and oxygen atoms in total. The summed E-state index contributed by atoms with van der Waals surface area (Å²) in [4.78, 5) is 0. The molecule has 0 radical (unpaired) electrons. The third-order valence-electron chi connectivity index (χ3n) is 2.03. The van der Waals surface area contributed by atoms with E-state index in [0.717, 1.165) is 16.1 Å². The minimum absolute atomic E-state index is 0.221. The van der Waals surface area contributed by atoms with Crippen molar-refractivity contribution in [2.24, 2.45) is 5.73 Å². The van der Waals surface area contributed by atoms with Gasteiger partial charge in [-0.1, -0.05) is 23.7 Å². The van der Waals surface area contributed by atoms with Gasteiger partial charge in [0.2, 0.25) is 0 Å². The van der Waals surface area contributed by atoms with Gasteiger partial charge in [-0.15, -0.1) is 0 Å². The molecule has 72 valence electrons. The van der Waals surface area contributed by atoms with Crippen LogP contribution in [-0.4, -0.2) is 6.67 Å². The molecule has 0 fully saturated rings. The van der Waals surface area contributed by atoms with Crippen LogP contribution < -0.4 is 5.73 Å². The van der Waals surface area contributed by atoms with E-state index >= 15 is 0 Å². The van der Waals surface area contributed by atoms with Gasteiger partial charge in [0.15, 0.2) is 0 Å². The Hall–Kier alpha value is -0.600. The maximum absolute atomic E-state index is 12.0. The van der Waals surface area contributed by atoms with Crippen LogP contribution in [0.5, 0.6) is 0 Å². The monoisotopic (exact) mass is 201 g/mol. The Morgan fingerprint density at radius 3 is 2.77 bits per heavy atom. The lowest BCUT2D eigenvalue weighted by Crippen LogP contribution is -2.10. The van der Waals surface area contributed by atoms with Crippen LogP contribution in [0.2, 0.25) is 5.02 Å². The van der Waals surface area contributed by atoms with Crippen molar-refractivity contribution in [1.29, 1.82) is 0 Å². The quantitative estimate of drug-likeness (QED) is 0.800. The summed E-state index contributed by atoms with van der Waals surface area (Å²) >= 11 is 5.85. The molecule has 2 N–H and O–H groups in total. The minimum atomic E-state index is -0.386. The van der Waals surface area contributed by atoms with Crippen LogP contribution in [0, 0.1) is 6.92 Å². The molecule has 0 amide bonds. The van der Waals surface area contributed by atoms with Gasteiger partial charge in [0, 0.05) is 11.1 Å². The molecule has 0 saturated carbocycles. The molecule has 1 aromatic rings. The van der Waals surface area contributed by atoms with E-state index in [0.29, 0.717) is 6.42 Å². The van der Waals surface area contributed by atoms with Crippen LogP contribution in [0.3, 0.4) is 0 Å². The lowest BCUT2D eigenvalue weighted by atomic mass is 10.0. The number of aryl methyl sites for hydroxylation is 1. The third-order valence-corrected chi connectivity index (χ3v) is 2.45. The first-order valence-corrected chi connectivity index (χ1v) is 4.60. The highest BCUT2D eigenvalue weighted by atomic mass is 35.5. The van der Waals surface area contributed by atoms with Gasteiger partial charge in [0.25, 0.3) is 0 Å². The average Bonchev–Trinajstić information content (AvgIpc) is 2.10. The van der Waals surface area contributed by atoms with Crippen LogP contribution in [0.4, 0.5) is 4.39 Å². The molecule has 0 aliphatic rings. The lowest BCUT2D eigenvalue weighted by Gasteiger charge is -2.10. The molecule has 1 atom stereocenters. The van der Waals surface area contributed by atoms with Gasteiger partial charge in [-0.25, -0.2) is 0 Å². The number of alkyl halides is 1.